The molecular formula is C26H46N10. The number of hydrogen-bond acceptors (Lipinski definition) is 6. The first kappa shape index (κ1) is 30.7. The van der Waals surface area contributed by atoms with Crippen molar-refractivity contribution in [3.05, 3.63) is 59.7 Å². The van der Waals surface area contributed by atoms with Crippen LogP contribution in [0.2, 0.25) is 0 Å². The van der Waals surface area contributed by atoms with E-state index >= 15 is 0 Å². The van der Waals surface area contributed by atoms with E-state index in [1.54, 1.807) is 4.68 Å². The Bertz CT molecular complexity index is 934. The first-order valence-electron chi connectivity index (χ1n) is 12.5. The van der Waals surface area contributed by atoms with Gasteiger partial charge in [-0.3, -0.25) is 14.0 Å². The highest BCUT2D eigenvalue weighted by atomic mass is 15.4. The number of aromatic nitrogens is 10. The molecule has 4 aromatic rings. The summed E-state index contributed by atoms with van der Waals surface area (Å²) in [6.07, 6.45) is 11.7. The predicted octanol–water partition coefficient (Wildman–Crippen LogP) is 5.42. The molecule has 4 aromatic heterocycles. The highest BCUT2D eigenvalue weighted by Crippen LogP contribution is 2.11. The largest absolute Gasteiger partial charge is 0.276 e. The molecule has 0 spiro atoms. The summed E-state index contributed by atoms with van der Waals surface area (Å²) in [6, 6.07) is 0.907. The normalized spacial score (nSPS) is 10.7. The molecule has 0 unspecified atom stereocenters. The molecule has 0 radical (unpaired) electrons. The molecule has 10 heteroatoms. The molecule has 0 saturated heterocycles. The molecule has 4 rings (SSSR count). The Morgan fingerprint density at radius 3 is 1.47 bits per heavy atom. The first-order chi connectivity index (χ1) is 16.8. The quantitative estimate of drug-likeness (QED) is 0.373. The second kappa shape index (κ2) is 15.0. The standard InChI is InChI=1S/2C7H12N2.2C6H11N3/c1-6(2)7-4-8-9(3)5-7;1-6(2)9-5-7(3)4-8-9;1-5(2)6-4-9(3)8-7-6;1-5(2)9-4-6(3)7-8-9/h2*4-6H,1-3H3;2*4-5H,1-3H3. The van der Waals surface area contributed by atoms with Crippen molar-refractivity contribution in [2.75, 3.05) is 0 Å². The molecule has 36 heavy (non-hydrogen) atoms. The Kier molecular flexibility index (Phi) is 12.8. The van der Waals surface area contributed by atoms with Gasteiger partial charge in [-0.15, -0.1) is 10.2 Å². The predicted molar refractivity (Wildman–Crippen MR) is 145 cm³/mol. The van der Waals surface area contributed by atoms with Crippen LogP contribution in [-0.2, 0) is 14.1 Å². The molecule has 4 heterocycles. The highest BCUT2D eigenvalue weighted by molar-refractivity contribution is 5.08. The van der Waals surface area contributed by atoms with Crippen LogP contribution in [0.25, 0.3) is 0 Å². The maximum absolute atomic E-state index is 4.13. The summed E-state index contributed by atoms with van der Waals surface area (Å²) in [7, 11) is 3.81. The van der Waals surface area contributed by atoms with Gasteiger partial charge in [0.15, 0.2) is 0 Å². The zero-order chi connectivity index (χ0) is 27.4. The Labute approximate surface area is 216 Å². The van der Waals surface area contributed by atoms with Crippen molar-refractivity contribution in [2.24, 2.45) is 14.1 Å². The fraction of sp³-hybridized carbons (Fsp3) is 0.615. The molecule has 0 aliphatic heterocycles. The van der Waals surface area contributed by atoms with Gasteiger partial charge in [-0.2, -0.15) is 10.2 Å². The molecule has 0 fully saturated rings. The summed E-state index contributed by atoms with van der Waals surface area (Å²) in [4.78, 5) is 0. The monoisotopic (exact) mass is 498 g/mol. The average molecular weight is 499 g/mol. The lowest BCUT2D eigenvalue weighted by molar-refractivity contribution is 0.514. The van der Waals surface area contributed by atoms with Gasteiger partial charge >= 0.3 is 0 Å². The summed E-state index contributed by atoms with van der Waals surface area (Å²) in [5, 5.41) is 23.7. The molecule has 0 aliphatic rings. The van der Waals surface area contributed by atoms with Crippen LogP contribution in [0.4, 0.5) is 0 Å². The van der Waals surface area contributed by atoms with Gasteiger partial charge in [-0.25, -0.2) is 4.68 Å². The highest BCUT2D eigenvalue weighted by Gasteiger charge is 2.01. The van der Waals surface area contributed by atoms with E-state index in [1.165, 1.54) is 11.1 Å². The van der Waals surface area contributed by atoms with Crippen molar-refractivity contribution < 1.29 is 0 Å². The molecule has 0 bridgehead atoms. The minimum atomic E-state index is 0.422. The lowest BCUT2D eigenvalue weighted by atomic mass is 10.1. The molecule has 0 aliphatic carbocycles. The first-order valence-corrected chi connectivity index (χ1v) is 12.5. The number of aryl methyl sites for hydroxylation is 4. The lowest BCUT2D eigenvalue weighted by Crippen LogP contribution is -2.00. The molecule has 0 saturated carbocycles. The van der Waals surface area contributed by atoms with Crippen LogP contribution in [0.15, 0.2) is 37.2 Å². The second-order valence-electron chi connectivity index (χ2n) is 10.1. The Hall–Kier alpha value is -3.30. The van der Waals surface area contributed by atoms with E-state index in [1.807, 2.05) is 79.2 Å². The van der Waals surface area contributed by atoms with Gasteiger partial charge in [0.05, 0.1) is 23.8 Å². The van der Waals surface area contributed by atoms with Crippen molar-refractivity contribution in [1.82, 2.24) is 49.5 Å². The van der Waals surface area contributed by atoms with Crippen molar-refractivity contribution >= 4 is 0 Å². The topological polar surface area (TPSA) is 97.1 Å². The summed E-state index contributed by atoms with van der Waals surface area (Å²) in [6.45, 7) is 20.9. The molecule has 0 aromatic carbocycles. The van der Waals surface area contributed by atoms with Crippen molar-refractivity contribution in [3.63, 3.8) is 0 Å². The minimum absolute atomic E-state index is 0.422. The van der Waals surface area contributed by atoms with Gasteiger partial charge in [0.1, 0.15) is 0 Å². The van der Waals surface area contributed by atoms with E-state index in [4.69, 9.17) is 0 Å². The van der Waals surface area contributed by atoms with E-state index in [0.29, 0.717) is 23.9 Å². The zero-order valence-electron chi connectivity index (χ0n) is 24.2. The van der Waals surface area contributed by atoms with Gasteiger partial charge in [0.25, 0.3) is 0 Å². The van der Waals surface area contributed by atoms with E-state index in [0.717, 1.165) is 11.4 Å². The maximum atomic E-state index is 4.13. The second-order valence-corrected chi connectivity index (χ2v) is 10.1. The average Bonchev–Trinajstić information content (AvgIpc) is 3.58. The molecule has 0 amide bonds. The number of hydrogen-bond donors (Lipinski definition) is 0. The molecular weight excluding hydrogens is 452 g/mol. The number of nitrogens with zero attached hydrogens (tertiary/aromatic N) is 10. The zero-order valence-corrected chi connectivity index (χ0v) is 24.2. The van der Waals surface area contributed by atoms with E-state index in [9.17, 15) is 0 Å². The van der Waals surface area contributed by atoms with Gasteiger partial charge < -0.3 is 0 Å². The van der Waals surface area contributed by atoms with Crippen LogP contribution < -0.4 is 0 Å². The van der Waals surface area contributed by atoms with Crippen LogP contribution in [0.1, 0.15) is 102 Å². The van der Waals surface area contributed by atoms with E-state index < -0.39 is 0 Å². The molecule has 10 nitrogen and oxygen atoms in total. The van der Waals surface area contributed by atoms with E-state index in [2.05, 4.69) is 86.2 Å². The number of rotatable bonds is 4. The maximum Gasteiger partial charge on any atom is 0.0852 e. The Morgan fingerprint density at radius 2 is 1.25 bits per heavy atom. The van der Waals surface area contributed by atoms with Crippen LogP contribution >= 0.6 is 0 Å². The van der Waals surface area contributed by atoms with Gasteiger partial charge in [-0.05, 0) is 64.5 Å². The fourth-order valence-electron chi connectivity index (χ4n) is 2.70. The SMILES string of the molecule is CC(C)c1cn(C)nn1.CC(C)c1cnn(C)c1.Cc1cn(C(C)C)nn1.Cc1cnn(C(C)C)c1. The van der Waals surface area contributed by atoms with E-state index in [-0.39, 0.29) is 0 Å². The fourth-order valence-corrected chi connectivity index (χ4v) is 2.70. The Balaban J connectivity index is 0.000000240. The van der Waals surface area contributed by atoms with Crippen molar-refractivity contribution in [3.8, 4) is 0 Å². The third kappa shape index (κ3) is 11.4. The molecule has 0 atom stereocenters. The van der Waals surface area contributed by atoms with Crippen LogP contribution in [0, 0.1) is 13.8 Å². The van der Waals surface area contributed by atoms with Crippen LogP contribution in [-0.4, -0.2) is 49.5 Å². The minimum Gasteiger partial charge on any atom is -0.276 e. The lowest BCUT2D eigenvalue weighted by Gasteiger charge is -2.02. The van der Waals surface area contributed by atoms with Gasteiger partial charge in [0.2, 0.25) is 0 Å². The smallest absolute Gasteiger partial charge is 0.0852 e. The summed E-state index contributed by atoms with van der Waals surface area (Å²) >= 11 is 0. The molecule has 0 N–H and O–H groups in total. The summed E-state index contributed by atoms with van der Waals surface area (Å²) < 4.78 is 7.34. The van der Waals surface area contributed by atoms with Crippen molar-refractivity contribution in [1.29, 1.82) is 0 Å². The third-order valence-corrected chi connectivity index (χ3v) is 5.02. The summed E-state index contributed by atoms with van der Waals surface area (Å²) in [5.74, 6) is 1.08. The third-order valence-electron chi connectivity index (χ3n) is 5.02. The Morgan fingerprint density at radius 1 is 0.611 bits per heavy atom. The van der Waals surface area contributed by atoms with Gasteiger partial charge in [0, 0.05) is 51.0 Å². The van der Waals surface area contributed by atoms with Crippen LogP contribution in [0.5, 0.6) is 0 Å². The van der Waals surface area contributed by atoms with Crippen LogP contribution in [0.3, 0.4) is 0 Å². The summed E-state index contributed by atoms with van der Waals surface area (Å²) in [5.41, 5.74) is 4.56. The van der Waals surface area contributed by atoms with Crippen molar-refractivity contribution in [2.45, 2.75) is 93.2 Å². The van der Waals surface area contributed by atoms with Gasteiger partial charge in [-0.1, -0.05) is 38.1 Å². The molecule has 200 valence electrons.